The number of benzene rings is 2. The Labute approximate surface area is 158 Å². The maximum absolute atomic E-state index is 12.1. The molecule has 0 aliphatic rings. The molecule has 2 N–H and O–H groups in total. The molecule has 0 atom stereocenters. The molecule has 0 fully saturated rings. The minimum absolute atomic E-state index is 0.157. The van der Waals surface area contributed by atoms with E-state index in [4.69, 9.17) is 16.3 Å². The number of methoxy groups -OCH3 is 1. The molecular formula is C19H22ClN3O3. The van der Waals surface area contributed by atoms with E-state index in [1.54, 1.807) is 29.2 Å². The van der Waals surface area contributed by atoms with Crippen molar-refractivity contribution in [3.63, 3.8) is 0 Å². The van der Waals surface area contributed by atoms with Crippen molar-refractivity contribution >= 4 is 34.9 Å². The van der Waals surface area contributed by atoms with E-state index in [9.17, 15) is 9.59 Å². The summed E-state index contributed by atoms with van der Waals surface area (Å²) in [4.78, 5) is 25.6. The Morgan fingerprint density at radius 1 is 1.19 bits per heavy atom. The van der Waals surface area contributed by atoms with Crippen LogP contribution in [-0.4, -0.2) is 32.1 Å². The zero-order chi connectivity index (χ0) is 19.1. The number of ether oxygens (including phenoxy) is 1. The summed E-state index contributed by atoms with van der Waals surface area (Å²) in [6, 6.07) is 12.3. The van der Waals surface area contributed by atoms with Crippen LogP contribution in [0.25, 0.3) is 0 Å². The molecule has 0 unspecified atom stereocenters. The second-order valence-corrected chi connectivity index (χ2v) is 6.10. The number of hydrogen-bond acceptors (Lipinski definition) is 3. The molecule has 0 heterocycles. The normalized spacial score (nSPS) is 10.2. The molecule has 0 bridgehead atoms. The van der Waals surface area contributed by atoms with E-state index in [-0.39, 0.29) is 18.5 Å². The van der Waals surface area contributed by atoms with Gasteiger partial charge >= 0.3 is 6.03 Å². The summed E-state index contributed by atoms with van der Waals surface area (Å²) in [5.41, 5.74) is 2.15. The maximum Gasteiger partial charge on any atom is 0.319 e. The molecule has 0 aliphatic carbocycles. The van der Waals surface area contributed by atoms with Crippen molar-refractivity contribution in [1.82, 2.24) is 5.32 Å². The molecule has 0 aliphatic heterocycles. The molecule has 2 rings (SSSR count). The lowest BCUT2D eigenvalue weighted by molar-refractivity contribution is -0.116. The van der Waals surface area contributed by atoms with Crippen molar-refractivity contribution in [3.8, 4) is 5.75 Å². The fourth-order valence-electron chi connectivity index (χ4n) is 2.45. The summed E-state index contributed by atoms with van der Waals surface area (Å²) >= 11 is 6.12. The Balaban J connectivity index is 2.02. The topological polar surface area (TPSA) is 70.7 Å². The van der Waals surface area contributed by atoms with E-state index in [1.165, 1.54) is 14.0 Å². The van der Waals surface area contributed by atoms with Crippen LogP contribution < -0.4 is 20.3 Å². The highest BCUT2D eigenvalue weighted by Crippen LogP contribution is 2.33. The Morgan fingerprint density at radius 3 is 2.50 bits per heavy atom. The van der Waals surface area contributed by atoms with E-state index < -0.39 is 0 Å². The summed E-state index contributed by atoms with van der Waals surface area (Å²) in [5.74, 6) is 0.347. The molecule has 2 aromatic rings. The number of rotatable bonds is 6. The van der Waals surface area contributed by atoms with Gasteiger partial charge in [-0.1, -0.05) is 29.8 Å². The summed E-state index contributed by atoms with van der Waals surface area (Å²) in [5, 5.41) is 6.03. The van der Waals surface area contributed by atoms with Crippen molar-refractivity contribution in [2.45, 2.75) is 13.8 Å². The van der Waals surface area contributed by atoms with Gasteiger partial charge in [-0.3, -0.25) is 4.79 Å². The highest BCUT2D eigenvalue weighted by atomic mass is 35.5. The number of nitrogens with zero attached hydrogens (tertiary/aromatic N) is 1. The predicted molar refractivity (Wildman–Crippen MR) is 104 cm³/mol. The predicted octanol–water partition coefficient (Wildman–Crippen LogP) is 3.83. The summed E-state index contributed by atoms with van der Waals surface area (Å²) in [6.07, 6.45) is 0. The number of amides is 3. The van der Waals surface area contributed by atoms with Crippen molar-refractivity contribution in [2.75, 3.05) is 30.4 Å². The lowest BCUT2D eigenvalue weighted by atomic mass is 10.2. The molecular weight excluding hydrogens is 354 g/mol. The van der Waals surface area contributed by atoms with Gasteiger partial charge in [0.1, 0.15) is 5.75 Å². The fraction of sp³-hybridized carbons (Fsp3) is 0.263. The van der Waals surface area contributed by atoms with Gasteiger partial charge < -0.3 is 20.3 Å². The molecule has 0 aromatic heterocycles. The minimum atomic E-state index is -0.334. The van der Waals surface area contributed by atoms with Crippen molar-refractivity contribution in [2.24, 2.45) is 0 Å². The smallest absolute Gasteiger partial charge is 0.319 e. The van der Waals surface area contributed by atoms with Crippen molar-refractivity contribution in [3.05, 3.63) is 53.1 Å². The monoisotopic (exact) mass is 375 g/mol. The van der Waals surface area contributed by atoms with Crippen LogP contribution in [0.4, 0.5) is 16.2 Å². The van der Waals surface area contributed by atoms with E-state index >= 15 is 0 Å². The number of hydrogen-bond donors (Lipinski definition) is 2. The molecule has 0 spiro atoms. The molecule has 138 valence electrons. The van der Waals surface area contributed by atoms with Gasteiger partial charge in [-0.15, -0.1) is 0 Å². The molecule has 3 amide bonds. The lowest BCUT2D eigenvalue weighted by Gasteiger charge is -2.24. The third-order valence-corrected chi connectivity index (χ3v) is 4.19. The maximum atomic E-state index is 12.1. The zero-order valence-electron chi connectivity index (χ0n) is 15.0. The van der Waals surface area contributed by atoms with E-state index in [2.05, 4.69) is 10.6 Å². The zero-order valence-corrected chi connectivity index (χ0v) is 15.8. The van der Waals surface area contributed by atoms with Gasteiger partial charge in [0.25, 0.3) is 0 Å². The molecule has 0 radical (unpaired) electrons. The number of urea groups is 1. The van der Waals surface area contributed by atoms with Crippen LogP contribution in [0.3, 0.4) is 0 Å². The largest absolute Gasteiger partial charge is 0.495 e. The number of anilines is 2. The van der Waals surface area contributed by atoms with Crippen LogP contribution >= 0.6 is 11.6 Å². The Bertz CT molecular complexity index is 781. The van der Waals surface area contributed by atoms with Gasteiger partial charge in [0.15, 0.2) is 0 Å². The van der Waals surface area contributed by atoms with Crippen LogP contribution in [0, 0.1) is 6.92 Å². The molecule has 26 heavy (non-hydrogen) atoms. The highest BCUT2D eigenvalue weighted by molar-refractivity contribution is 6.31. The highest BCUT2D eigenvalue weighted by Gasteiger charge is 2.18. The van der Waals surface area contributed by atoms with Crippen molar-refractivity contribution in [1.29, 1.82) is 0 Å². The van der Waals surface area contributed by atoms with E-state index in [0.29, 0.717) is 28.7 Å². The first-order valence-corrected chi connectivity index (χ1v) is 8.52. The Morgan fingerprint density at radius 2 is 1.88 bits per heavy atom. The SMILES string of the molecule is COc1cc(Cl)c(C)cc1N(CCNC(=O)Nc1ccccc1)C(C)=O. The minimum Gasteiger partial charge on any atom is -0.495 e. The average molecular weight is 376 g/mol. The van der Waals surface area contributed by atoms with E-state index in [0.717, 1.165) is 5.56 Å². The summed E-state index contributed by atoms with van der Waals surface area (Å²) in [6.45, 7) is 3.90. The van der Waals surface area contributed by atoms with Gasteiger partial charge in [0, 0.05) is 36.8 Å². The van der Waals surface area contributed by atoms with Crippen LogP contribution in [0.1, 0.15) is 12.5 Å². The third kappa shape index (κ3) is 5.13. The first-order chi connectivity index (χ1) is 12.4. The third-order valence-electron chi connectivity index (χ3n) is 3.78. The molecule has 2 aromatic carbocycles. The second-order valence-electron chi connectivity index (χ2n) is 5.69. The summed E-state index contributed by atoms with van der Waals surface area (Å²) in [7, 11) is 1.52. The molecule has 6 nitrogen and oxygen atoms in total. The first-order valence-electron chi connectivity index (χ1n) is 8.14. The number of nitrogens with one attached hydrogen (secondary N) is 2. The standard InChI is InChI=1S/C19H22ClN3O3/c1-13-11-17(18(26-3)12-16(13)20)23(14(2)24)10-9-21-19(25)22-15-7-5-4-6-8-15/h4-8,11-12H,9-10H2,1-3H3,(H2,21,22,25). The Kier molecular flexibility index (Phi) is 6.86. The number of halogens is 1. The molecule has 7 heteroatoms. The van der Waals surface area contributed by atoms with Crippen molar-refractivity contribution < 1.29 is 14.3 Å². The van der Waals surface area contributed by atoms with Gasteiger partial charge in [-0.25, -0.2) is 4.79 Å². The van der Waals surface area contributed by atoms with Crippen LogP contribution in [-0.2, 0) is 4.79 Å². The van der Waals surface area contributed by atoms with Gasteiger partial charge in [0.05, 0.1) is 12.8 Å². The Hall–Kier alpha value is -2.73. The van der Waals surface area contributed by atoms with Crippen LogP contribution in [0.2, 0.25) is 5.02 Å². The van der Waals surface area contributed by atoms with Gasteiger partial charge in [0.2, 0.25) is 5.91 Å². The second kappa shape index (κ2) is 9.10. The van der Waals surface area contributed by atoms with Gasteiger partial charge in [-0.2, -0.15) is 0 Å². The fourth-order valence-corrected chi connectivity index (χ4v) is 2.60. The van der Waals surface area contributed by atoms with E-state index in [1.807, 2.05) is 25.1 Å². The number of carbonyl (C=O) groups is 2. The van der Waals surface area contributed by atoms with Crippen LogP contribution in [0.5, 0.6) is 5.75 Å². The number of carbonyl (C=O) groups excluding carboxylic acids is 2. The number of para-hydroxylation sites is 1. The first kappa shape index (κ1) is 19.6. The van der Waals surface area contributed by atoms with Crippen LogP contribution in [0.15, 0.2) is 42.5 Å². The average Bonchev–Trinajstić information content (AvgIpc) is 2.61. The quantitative estimate of drug-likeness (QED) is 0.806. The van der Waals surface area contributed by atoms with Gasteiger partial charge in [-0.05, 0) is 30.7 Å². The number of aryl methyl sites for hydroxylation is 1. The lowest BCUT2D eigenvalue weighted by Crippen LogP contribution is -2.39. The molecule has 0 saturated heterocycles. The summed E-state index contributed by atoms with van der Waals surface area (Å²) < 4.78 is 5.34. The molecule has 0 saturated carbocycles.